The van der Waals surface area contributed by atoms with Crippen LogP contribution in [0.5, 0.6) is 11.5 Å². The van der Waals surface area contributed by atoms with E-state index in [1.54, 1.807) is 13.2 Å². The molecule has 0 aromatic heterocycles. The largest absolute Gasteiger partial charge is 0.496 e. The van der Waals surface area contributed by atoms with Crippen molar-refractivity contribution in [1.29, 1.82) is 0 Å². The first-order chi connectivity index (χ1) is 10.0. The molecule has 0 aliphatic rings. The summed E-state index contributed by atoms with van der Waals surface area (Å²) in [5, 5.41) is 1.72. The normalized spacial score (nSPS) is 10.5. The molecule has 6 heteroatoms. The van der Waals surface area contributed by atoms with E-state index in [1.807, 2.05) is 24.3 Å². The fourth-order valence-corrected chi connectivity index (χ4v) is 3.42. The van der Waals surface area contributed by atoms with Gasteiger partial charge in [-0.05, 0) is 45.8 Å². The predicted molar refractivity (Wildman–Crippen MR) is 94.1 cm³/mol. The molecular weight excluding hydrogens is 443 g/mol. The van der Waals surface area contributed by atoms with Crippen molar-refractivity contribution in [2.45, 2.75) is 11.9 Å². The van der Waals surface area contributed by atoms with Gasteiger partial charge in [-0.15, -0.1) is 0 Å². The number of hydrogen-bond donors (Lipinski definition) is 0. The highest BCUT2D eigenvalue weighted by molar-refractivity contribution is 9.10. The van der Waals surface area contributed by atoms with Crippen LogP contribution in [0.15, 0.2) is 34.8 Å². The van der Waals surface area contributed by atoms with E-state index in [2.05, 4.69) is 31.9 Å². The van der Waals surface area contributed by atoms with E-state index in [-0.39, 0.29) is 0 Å². The van der Waals surface area contributed by atoms with Gasteiger partial charge in [0.05, 0.1) is 16.6 Å². The summed E-state index contributed by atoms with van der Waals surface area (Å²) in [4.78, 5) is 0. The predicted octanol–water partition coefficient (Wildman–Crippen LogP) is 6.24. The van der Waals surface area contributed by atoms with Gasteiger partial charge < -0.3 is 9.47 Å². The number of benzene rings is 2. The van der Waals surface area contributed by atoms with E-state index >= 15 is 0 Å². The van der Waals surface area contributed by atoms with Gasteiger partial charge in [0.15, 0.2) is 0 Å². The number of alkyl halides is 1. The zero-order chi connectivity index (χ0) is 15.4. The third-order valence-corrected chi connectivity index (χ3v) is 4.55. The van der Waals surface area contributed by atoms with Crippen LogP contribution in [0.1, 0.15) is 11.1 Å². The summed E-state index contributed by atoms with van der Waals surface area (Å²) in [7, 11) is 1.63. The highest BCUT2D eigenvalue weighted by atomic mass is 79.9. The number of rotatable bonds is 5. The van der Waals surface area contributed by atoms with Crippen LogP contribution in [0, 0.1) is 0 Å². The Hall–Kier alpha value is -0.420. The summed E-state index contributed by atoms with van der Waals surface area (Å²) < 4.78 is 11.9. The van der Waals surface area contributed by atoms with Crippen molar-refractivity contribution < 1.29 is 9.47 Å². The summed E-state index contributed by atoms with van der Waals surface area (Å²) >= 11 is 19.1. The van der Waals surface area contributed by atoms with Crippen LogP contribution in [0.3, 0.4) is 0 Å². The molecule has 0 fully saturated rings. The van der Waals surface area contributed by atoms with Crippen molar-refractivity contribution in [3.05, 3.63) is 56.0 Å². The molecule has 0 unspecified atom stereocenters. The standard InChI is InChI=1S/C15H12Br2Cl2O2/c1-20-14-3-2-9(4-12(14)17)8-21-15-10(7-16)5-11(18)6-13(15)19/h2-6H,7-8H2,1H3. The third-order valence-electron chi connectivity index (χ3n) is 2.83. The van der Waals surface area contributed by atoms with E-state index < -0.39 is 0 Å². The molecule has 0 saturated heterocycles. The van der Waals surface area contributed by atoms with Gasteiger partial charge in [-0.3, -0.25) is 0 Å². The van der Waals surface area contributed by atoms with Gasteiger partial charge in [0.2, 0.25) is 0 Å². The van der Waals surface area contributed by atoms with Crippen molar-refractivity contribution in [3.63, 3.8) is 0 Å². The van der Waals surface area contributed by atoms with Crippen LogP contribution in [0.25, 0.3) is 0 Å². The fourth-order valence-electron chi connectivity index (χ4n) is 1.83. The smallest absolute Gasteiger partial charge is 0.142 e. The second kappa shape index (κ2) is 7.73. The molecule has 0 spiro atoms. The van der Waals surface area contributed by atoms with E-state index in [0.29, 0.717) is 27.7 Å². The van der Waals surface area contributed by atoms with Crippen molar-refractivity contribution in [2.24, 2.45) is 0 Å². The second-order valence-electron chi connectivity index (χ2n) is 4.27. The zero-order valence-electron chi connectivity index (χ0n) is 11.1. The minimum absolute atomic E-state index is 0.407. The molecule has 0 heterocycles. The summed E-state index contributed by atoms with van der Waals surface area (Å²) in [5.41, 5.74) is 1.93. The molecule has 2 nitrogen and oxygen atoms in total. The molecule has 0 N–H and O–H groups in total. The van der Waals surface area contributed by atoms with Crippen LogP contribution in [-0.2, 0) is 11.9 Å². The Morgan fingerprint density at radius 2 is 1.90 bits per heavy atom. The molecule has 0 atom stereocenters. The Morgan fingerprint density at radius 3 is 2.52 bits per heavy atom. The molecule has 2 aromatic carbocycles. The average Bonchev–Trinajstić information content (AvgIpc) is 2.45. The Balaban J connectivity index is 2.18. The van der Waals surface area contributed by atoms with E-state index in [0.717, 1.165) is 21.3 Å². The molecule has 0 radical (unpaired) electrons. The van der Waals surface area contributed by atoms with Gasteiger partial charge in [-0.1, -0.05) is 45.2 Å². The summed E-state index contributed by atoms with van der Waals surface area (Å²) in [5.74, 6) is 1.43. The van der Waals surface area contributed by atoms with Crippen LogP contribution in [0.2, 0.25) is 10.0 Å². The highest BCUT2D eigenvalue weighted by Crippen LogP contribution is 2.34. The number of hydrogen-bond acceptors (Lipinski definition) is 2. The molecule has 0 bridgehead atoms. The molecular formula is C15H12Br2Cl2O2. The molecule has 0 aliphatic carbocycles. The van der Waals surface area contributed by atoms with Crippen molar-refractivity contribution in [1.82, 2.24) is 0 Å². The lowest BCUT2D eigenvalue weighted by molar-refractivity contribution is 0.304. The number of ether oxygens (including phenoxy) is 2. The van der Waals surface area contributed by atoms with Gasteiger partial charge in [0.25, 0.3) is 0 Å². The summed E-state index contributed by atoms with van der Waals surface area (Å²) in [6, 6.07) is 9.30. The Labute approximate surface area is 150 Å². The Kier molecular flexibility index (Phi) is 6.23. The number of halogens is 4. The lowest BCUT2D eigenvalue weighted by Crippen LogP contribution is -1.99. The quantitative estimate of drug-likeness (QED) is 0.498. The first-order valence-corrected chi connectivity index (χ1v) is 8.71. The molecule has 2 aromatic rings. The van der Waals surface area contributed by atoms with Gasteiger partial charge >= 0.3 is 0 Å². The highest BCUT2D eigenvalue weighted by Gasteiger charge is 2.11. The average molecular weight is 455 g/mol. The summed E-state index contributed by atoms with van der Waals surface area (Å²) in [6.45, 7) is 0.407. The minimum atomic E-state index is 0.407. The topological polar surface area (TPSA) is 18.5 Å². The summed E-state index contributed by atoms with van der Waals surface area (Å²) in [6.07, 6.45) is 0. The maximum atomic E-state index is 6.20. The first-order valence-electron chi connectivity index (χ1n) is 6.04. The van der Waals surface area contributed by atoms with Crippen molar-refractivity contribution in [2.75, 3.05) is 7.11 Å². The van der Waals surface area contributed by atoms with E-state index in [9.17, 15) is 0 Å². The SMILES string of the molecule is COc1ccc(COc2c(Cl)cc(Cl)cc2CBr)cc1Br. The Morgan fingerprint density at radius 1 is 1.14 bits per heavy atom. The monoisotopic (exact) mass is 452 g/mol. The Bertz CT molecular complexity index is 648. The van der Waals surface area contributed by atoms with Crippen molar-refractivity contribution in [3.8, 4) is 11.5 Å². The third kappa shape index (κ3) is 4.28. The molecule has 0 saturated carbocycles. The minimum Gasteiger partial charge on any atom is -0.496 e. The molecule has 112 valence electrons. The number of methoxy groups -OCH3 is 1. The van der Waals surface area contributed by atoms with Gasteiger partial charge in [-0.25, -0.2) is 0 Å². The van der Waals surface area contributed by atoms with Crippen LogP contribution >= 0.6 is 55.1 Å². The molecule has 21 heavy (non-hydrogen) atoms. The van der Waals surface area contributed by atoms with Crippen molar-refractivity contribution >= 4 is 55.1 Å². The van der Waals surface area contributed by atoms with Crippen LogP contribution < -0.4 is 9.47 Å². The maximum Gasteiger partial charge on any atom is 0.142 e. The molecule has 0 amide bonds. The van der Waals surface area contributed by atoms with Gasteiger partial charge in [0.1, 0.15) is 18.1 Å². The maximum absolute atomic E-state index is 6.20. The van der Waals surface area contributed by atoms with E-state index in [1.165, 1.54) is 0 Å². The molecule has 2 rings (SSSR count). The second-order valence-corrected chi connectivity index (χ2v) is 6.53. The lowest BCUT2D eigenvalue weighted by atomic mass is 10.2. The lowest BCUT2D eigenvalue weighted by Gasteiger charge is -2.13. The van der Waals surface area contributed by atoms with Gasteiger partial charge in [0, 0.05) is 15.9 Å². The fraction of sp³-hybridized carbons (Fsp3) is 0.200. The van der Waals surface area contributed by atoms with E-state index in [4.69, 9.17) is 32.7 Å². The molecule has 0 aliphatic heterocycles. The van der Waals surface area contributed by atoms with Crippen LogP contribution in [0.4, 0.5) is 0 Å². The van der Waals surface area contributed by atoms with Gasteiger partial charge in [-0.2, -0.15) is 0 Å². The van der Waals surface area contributed by atoms with Crippen LogP contribution in [-0.4, -0.2) is 7.11 Å². The first kappa shape index (κ1) is 16.9. The zero-order valence-corrected chi connectivity index (χ0v) is 15.8.